The molecule has 0 fully saturated rings. The van der Waals surface area contributed by atoms with Crippen LogP contribution in [0.25, 0.3) is 0 Å². The molecule has 2 rings (SSSR count). The number of hydrogen-bond acceptors (Lipinski definition) is 2. The fourth-order valence-electron chi connectivity index (χ4n) is 2.53. The maximum atomic E-state index is 6.07. The summed E-state index contributed by atoms with van der Waals surface area (Å²) in [6.45, 7) is 2.88. The Labute approximate surface area is 122 Å². The van der Waals surface area contributed by atoms with E-state index in [9.17, 15) is 0 Å². The van der Waals surface area contributed by atoms with E-state index in [2.05, 4.69) is 74.4 Å². The van der Waals surface area contributed by atoms with Crippen molar-refractivity contribution in [2.75, 3.05) is 25.5 Å². The summed E-state index contributed by atoms with van der Waals surface area (Å²) in [6.07, 6.45) is 0.954. The number of nitrogens with two attached hydrogens (primary N) is 1. The van der Waals surface area contributed by atoms with Gasteiger partial charge in [0.05, 0.1) is 0 Å². The molecular formula is C18H24N2. The first-order valence-corrected chi connectivity index (χ1v) is 7.07. The molecule has 2 aromatic rings. The lowest BCUT2D eigenvalue weighted by atomic mass is 9.77. The predicted octanol–water partition coefficient (Wildman–Crippen LogP) is 3.21. The van der Waals surface area contributed by atoms with Gasteiger partial charge in [-0.1, -0.05) is 49.4 Å². The standard InChI is InChI=1S/C18H24N2/c1-18(14-19,16-9-5-4-6-10-16)13-15-8-7-11-17(12-15)20(2)3/h4-12H,13-14,19H2,1-3H3. The molecule has 2 N–H and O–H groups in total. The van der Waals surface area contributed by atoms with Crippen LogP contribution >= 0.6 is 0 Å². The molecule has 0 saturated carbocycles. The Hall–Kier alpha value is -1.80. The van der Waals surface area contributed by atoms with Gasteiger partial charge in [-0.3, -0.25) is 0 Å². The quantitative estimate of drug-likeness (QED) is 0.902. The number of nitrogens with zero attached hydrogens (tertiary/aromatic N) is 1. The molecule has 0 saturated heterocycles. The Morgan fingerprint density at radius 2 is 1.70 bits per heavy atom. The topological polar surface area (TPSA) is 29.3 Å². The minimum atomic E-state index is -0.0216. The monoisotopic (exact) mass is 268 g/mol. The van der Waals surface area contributed by atoms with Gasteiger partial charge < -0.3 is 10.6 Å². The molecule has 0 aromatic heterocycles. The summed E-state index contributed by atoms with van der Waals surface area (Å²) in [5.41, 5.74) is 9.91. The van der Waals surface area contributed by atoms with Crippen molar-refractivity contribution >= 4 is 5.69 Å². The summed E-state index contributed by atoms with van der Waals surface area (Å²) in [5, 5.41) is 0. The van der Waals surface area contributed by atoms with E-state index in [1.165, 1.54) is 16.8 Å². The first kappa shape index (κ1) is 14.6. The molecule has 2 heteroatoms. The molecule has 0 aliphatic carbocycles. The second-order valence-corrected chi connectivity index (χ2v) is 5.87. The molecule has 20 heavy (non-hydrogen) atoms. The van der Waals surface area contributed by atoms with Crippen LogP contribution in [0.1, 0.15) is 18.1 Å². The lowest BCUT2D eigenvalue weighted by Gasteiger charge is -2.29. The van der Waals surface area contributed by atoms with E-state index < -0.39 is 0 Å². The van der Waals surface area contributed by atoms with Gasteiger partial charge in [0.1, 0.15) is 0 Å². The predicted molar refractivity (Wildman–Crippen MR) is 87.3 cm³/mol. The number of rotatable bonds is 5. The Kier molecular flexibility index (Phi) is 4.46. The largest absolute Gasteiger partial charge is 0.378 e. The highest BCUT2D eigenvalue weighted by molar-refractivity contribution is 5.47. The van der Waals surface area contributed by atoms with Crippen molar-refractivity contribution in [3.05, 3.63) is 65.7 Å². The van der Waals surface area contributed by atoms with E-state index >= 15 is 0 Å². The lowest BCUT2D eigenvalue weighted by molar-refractivity contribution is 0.481. The van der Waals surface area contributed by atoms with Crippen LogP contribution in [0.4, 0.5) is 5.69 Å². The molecule has 2 nitrogen and oxygen atoms in total. The van der Waals surface area contributed by atoms with Gasteiger partial charge >= 0.3 is 0 Å². The minimum Gasteiger partial charge on any atom is -0.378 e. The molecule has 0 radical (unpaired) electrons. The third-order valence-corrected chi connectivity index (χ3v) is 3.94. The van der Waals surface area contributed by atoms with E-state index in [4.69, 9.17) is 5.73 Å². The first-order chi connectivity index (χ1) is 9.55. The maximum absolute atomic E-state index is 6.07. The van der Waals surface area contributed by atoms with Crippen molar-refractivity contribution < 1.29 is 0 Å². The van der Waals surface area contributed by atoms with Crippen LogP contribution in [0.2, 0.25) is 0 Å². The van der Waals surface area contributed by atoms with Crippen LogP contribution in [0, 0.1) is 0 Å². The molecule has 106 valence electrons. The van der Waals surface area contributed by atoms with Crippen molar-refractivity contribution in [1.82, 2.24) is 0 Å². The zero-order chi connectivity index (χ0) is 14.6. The molecule has 0 amide bonds. The first-order valence-electron chi connectivity index (χ1n) is 7.07. The molecular weight excluding hydrogens is 244 g/mol. The lowest BCUT2D eigenvalue weighted by Crippen LogP contribution is -2.34. The van der Waals surface area contributed by atoms with Crippen molar-refractivity contribution in [2.45, 2.75) is 18.8 Å². The average molecular weight is 268 g/mol. The highest BCUT2D eigenvalue weighted by Gasteiger charge is 2.25. The SMILES string of the molecule is CN(C)c1cccc(CC(C)(CN)c2ccccc2)c1. The number of benzene rings is 2. The zero-order valence-electron chi connectivity index (χ0n) is 12.6. The van der Waals surface area contributed by atoms with Gasteiger partial charge in [-0.05, 0) is 29.7 Å². The van der Waals surface area contributed by atoms with Gasteiger partial charge in [0, 0.05) is 31.7 Å². The van der Waals surface area contributed by atoms with Gasteiger partial charge in [-0.15, -0.1) is 0 Å². The third kappa shape index (κ3) is 3.20. The third-order valence-electron chi connectivity index (χ3n) is 3.94. The number of anilines is 1. The Bertz CT molecular complexity index is 548. The Morgan fingerprint density at radius 1 is 1.00 bits per heavy atom. The highest BCUT2D eigenvalue weighted by atomic mass is 15.1. The molecule has 2 aromatic carbocycles. The summed E-state index contributed by atoms with van der Waals surface area (Å²) in [6, 6.07) is 19.2. The van der Waals surface area contributed by atoms with Crippen LogP contribution in [0.3, 0.4) is 0 Å². The van der Waals surface area contributed by atoms with E-state index in [0.717, 1.165) is 6.42 Å². The van der Waals surface area contributed by atoms with Crippen LogP contribution < -0.4 is 10.6 Å². The second-order valence-electron chi connectivity index (χ2n) is 5.87. The molecule has 0 aliphatic heterocycles. The van der Waals surface area contributed by atoms with Gasteiger partial charge in [0.2, 0.25) is 0 Å². The summed E-state index contributed by atoms with van der Waals surface area (Å²) in [4.78, 5) is 2.13. The molecule has 0 aliphatic rings. The van der Waals surface area contributed by atoms with Crippen molar-refractivity contribution in [1.29, 1.82) is 0 Å². The van der Waals surface area contributed by atoms with Crippen LogP contribution in [0.5, 0.6) is 0 Å². The summed E-state index contributed by atoms with van der Waals surface area (Å²) >= 11 is 0. The summed E-state index contributed by atoms with van der Waals surface area (Å²) in [7, 11) is 4.14. The molecule has 0 spiro atoms. The van der Waals surface area contributed by atoms with Gasteiger partial charge in [0.15, 0.2) is 0 Å². The normalized spacial score (nSPS) is 13.8. The van der Waals surface area contributed by atoms with Gasteiger partial charge in [-0.25, -0.2) is 0 Å². The van der Waals surface area contributed by atoms with Crippen LogP contribution in [0.15, 0.2) is 54.6 Å². The average Bonchev–Trinajstić information content (AvgIpc) is 2.48. The molecule has 0 bridgehead atoms. The van der Waals surface area contributed by atoms with E-state index in [1.807, 2.05) is 6.07 Å². The van der Waals surface area contributed by atoms with Gasteiger partial charge in [0.25, 0.3) is 0 Å². The molecule has 1 atom stereocenters. The van der Waals surface area contributed by atoms with Crippen LogP contribution in [-0.2, 0) is 11.8 Å². The second kappa shape index (κ2) is 6.10. The van der Waals surface area contributed by atoms with E-state index in [-0.39, 0.29) is 5.41 Å². The van der Waals surface area contributed by atoms with Crippen LogP contribution in [-0.4, -0.2) is 20.6 Å². The molecule has 0 heterocycles. The Balaban J connectivity index is 2.28. The molecule has 1 unspecified atom stereocenters. The zero-order valence-corrected chi connectivity index (χ0v) is 12.6. The van der Waals surface area contributed by atoms with Crippen molar-refractivity contribution in [3.8, 4) is 0 Å². The van der Waals surface area contributed by atoms with Crippen molar-refractivity contribution in [3.63, 3.8) is 0 Å². The van der Waals surface area contributed by atoms with E-state index in [1.54, 1.807) is 0 Å². The fourth-order valence-corrected chi connectivity index (χ4v) is 2.53. The summed E-state index contributed by atoms with van der Waals surface area (Å²) < 4.78 is 0. The Morgan fingerprint density at radius 3 is 2.30 bits per heavy atom. The summed E-state index contributed by atoms with van der Waals surface area (Å²) in [5.74, 6) is 0. The minimum absolute atomic E-state index is 0.0216. The van der Waals surface area contributed by atoms with Crippen molar-refractivity contribution in [2.24, 2.45) is 5.73 Å². The smallest absolute Gasteiger partial charge is 0.0363 e. The van der Waals surface area contributed by atoms with E-state index in [0.29, 0.717) is 6.54 Å². The maximum Gasteiger partial charge on any atom is 0.0363 e. The van der Waals surface area contributed by atoms with Gasteiger partial charge in [-0.2, -0.15) is 0 Å². The highest BCUT2D eigenvalue weighted by Crippen LogP contribution is 2.28. The fraction of sp³-hybridized carbons (Fsp3) is 0.333. The number of hydrogen-bond donors (Lipinski definition) is 1.